The second-order valence-electron chi connectivity index (χ2n) is 3.11. The van der Waals surface area contributed by atoms with E-state index in [0.717, 1.165) is 6.20 Å². The Kier molecular flexibility index (Phi) is 2.97. The Morgan fingerprint density at radius 3 is 2.71 bits per heavy atom. The van der Waals surface area contributed by atoms with Crippen molar-refractivity contribution in [2.75, 3.05) is 0 Å². The molecule has 0 atom stereocenters. The Morgan fingerprint density at radius 2 is 2.06 bits per heavy atom. The number of hydrogen-bond acceptors (Lipinski definition) is 4. The van der Waals surface area contributed by atoms with Gasteiger partial charge in [-0.3, -0.25) is 10.1 Å². The molecule has 0 N–H and O–H groups in total. The molecule has 0 aliphatic rings. The van der Waals surface area contributed by atoms with Gasteiger partial charge in [-0.2, -0.15) is 0 Å². The van der Waals surface area contributed by atoms with Gasteiger partial charge in [-0.25, -0.2) is 14.4 Å². The normalized spacial score (nSPS) is 10.2. The molecule has 0 saturated heterocycles. The highest BCUT2D eigenvalue weighted by atomic mass is 35.5. The van der Waals surface area contributed by atoms with E-state index in [4.69, 9.17) is 11.6 Å². The van der Waals surface area contributed by atoms with Crippen LogP contribution in [0.3, 0.4) is 0 Å². The van der Waals surface area contributed by atoms with E-state index < -0.39 is 10.7 Å². The Hall–Kier alpha value is -2.08. The number of nitro groups is 1. The minimum Gasteiger partial charge on any atom is -0.258 e. The van der Waals surface area contributed by atoms with E-state index in [9.17, 15) is 14.5 Å². The third-order valence-corrected chi connectivity index (χ3v) is 2.25. The maximum atomic E-state index is 13.5. The molecule has 0 unspecified atom stereocenters. The van der Waals surface area contributed by atoms with Gasteiger partial charge in [-0.05, 0) is 23.7 Å². The van der Waals surface area contributed by atoms with E-state index in [2.05, 4.69) is 9.97 Å². The molecule has 2 aromatic rings. The van der Waals surface area contributed by atoms with Crippen molar-refractivity contribution in [1.29, 1.82) is 0 Å². The van der Waals surface area contributed by atoms with Gasteiger partial charge in [0.05, 0.1) is 4.92 Å². The molecule has 17 heavy (non-hydrogen) atoms. The number of nitrogens with zero attached hydrogens (tertiary/aromatic N) is 3. The van der Waals surface area contributed by atoms with Crippen LogP contribution in [0, 0.1) is 15.9 Å². The minimum atomic E-state index is -0.682. The van der Waals surface area contributed by atoms with Crippen molar-refractivity contribution in [3.8, 4) is 11.3 Å². The number of halogens is 2. The SMILES string of the molecule is O=[N+]([O-])c1cnc(Cl)nc1-c1ccccc1F. The number of aromatic nitrogens is 2. The molecule has 2 rings (SSSR count). The van der Waals surface area contributed by atoms with Crippen LogP contribution in [0.5, 0.6) is 0 Å². The zero-order chi connectivity index (χ0) is 12.4. The van der Waals surface area contributed by atoms with Crippen LogP contribution in [0.25, 0.3) is 11.3 Å². The van der Waals surface area contributed by atoms with Gasteiger partial charge in [0, 0.05) is 5.56 Å². The first-order valence-electron chi connectivity index (χ1n) is 4.51. The van der Waals surface area contributed by atoms with Crippen LogP contribution in [-0.2, 0) is 0 Å². The lowest BCUT2D eigenvalue weighted by molar-refractivity contribution is -0.384. The number of benzene rings is 1. The van der Waals surface area contributed by atoms with Crippen LogP contribution in [-0.4, -0.2) is 14.9 Å². The fraction of sp³-hybridized carbons (Fsp3) is 0. The summed E-state index contributed by atoms with van der Waals surface area (Å²) in [6.45, 7) is 0. The molecule has 0 aliphatic carbocycles. The molecule has 0 radical (unpaired) electrons. The molecular weight excluding hydrogens is 249 g/mol. The summed E-state index contributed by atoms with van der Waals surface area (Å²) in [6, 6.07) is 5.61. The second kappa shape index (κ2) is 4.42. The highest BCUT2D eigenvalue weighted by molar-refractivity contribution is 6.28. The highest BCUT2D eigenvalue weighted by Gasteiger charge is 2.20. The second-order valence-corrected chi connectivity index (χ2v) is 3.45. The van der Waals surface area contributed by atoms with Gasteiger partial charge in [0.1, 0.15) is 12.0 Å². The number of rotatable bonds is 2. The molecule has 0 spiro atoms. The molecule has 0 fully saturated rings. The lowest BCUT2D eigenvalue weighted by atomic mass is 10.1. The molecule has 0 aliphatic heterocycles. The Morgan fingerprint density at radius 1 is 1.35 bits per heavy atom. The van der Waals surface area contributed by atoms with Crippen molar-refractivity contribution in [2.24, 2.45) is 0 Å². The molecule has 1 heterocycles. The molecule has 0 amide bonds. The van der Waals surface area contributed by atoms with Crippen LogP contribution in [0.15, 0.2) is 30.5 Å². The topological polar surface area (TPSA) is 68.9 Å². The molecule has 5 nitrogen and oxygen atoms in total. The van der Waals surface area contributed by atoms with Crippen LogP contribution >= 0.6 is 11.6 Å². The summed E-state index contributed by atoms with van der Waals surface area (Å²) in [7, 11) is 0. The van der Waals surface area contributed by atoms with Gasteiger partial charge in [0.15, 0.2) is 5.69 Å². The third kappa shape index (κ3) is 2.21. The van der Waals surface area contributed by atoms with Gasteiger partial charge in [0.25, 0.3) is 0 Å². The molecular formula is C10H5ClFN3O2. The first-order valence-corrected chi connectivity index (χ1v) is 4.89. The Bertz CT molecular complexity index is 592. The van der Waals surface area contributed by atoms with E-state index in [1.165, 1.54) is 18.2 Å². The zero-order valence-corrected chi connectivity index (χ0v) is 9.06. The standard InChI is InChI=1S/C10H5ClFN3O2/c11-10-13-5-8(15(16)17)9(14-10)6-3-1-2-4-7(6)12/h1-5H. The van der Waals surface area contributed by atoms with Gasteiger partial charge in [-0.1, -0.05) is 12.1 Å². The molecule has 0 bridgehead atoms. The fourth-order valence-electron chi connectivity index (χ4n) is 1.34. The van der Waals surface area contributed by atoms with Crippen molar-refractivity contribution in [3.63, 3.8) is 0 Å². The fourth-order valence-corrected chi connectivity index (χ4v) is 1.47. The smallest absolute Gasteiger partial charge is 0.258 e. The lowest BCUT2D eigenvalue weighted by Crippen LogP contribution is -1.98. The van der Waals surface area contributed by atoms with E-state index in [-0.39, 0.29) is 22.2 Å². The summed E-state index contributed by atoms with van der Waals surface area (Å²) < 4.78 is 13.5. The molecule has 1 aromatic carbocycles. The van der Waals surface area contributed by atoms with Crippen molar-refractivity contribution < 1.29 is 9.31 Å². The van der Waals surface area contributed by atoms with Gasteiger partial charge >= 0.3 is 5.69 Å². The molecule has 7 heteroatoms. The van der Waals surface area contributed by atoms with Crippen LogP contribution < -0.4 is 0 Å². The van der Waals surface area contributed by atoms with E-state index >= 15 is 0 Å². The quantitative estimate of drug-likeness (QED) is 0.469. The Balaban J connectivity index is 2.70. The average Bonchev–Trinajstić information content (AvgIpc) is 2.29. The van der Waals surface area contributed by atoms with Crippen molar-refractivity contribution in [3.05, 3.63) is 51.7 Å². The van der Waals surface area contributed by atoms with Gasteiger partial charge in [0.2, 0.25) is 5.28 Å². The third-order valence-electron chi connectivity index (χ3n) is 2.07. The summed E-state index contributed by atoms with van der Waals surface area (Å²) in [5.41, 5.74) is -0.504. The first kappa shape index (κ1) is 11.4. The highest BCUT2D eigenvalue weighted by Crippen LogP contribution is 2.29. The van der Waals surface area contributed by atoms with E-state index in [1.807, 2.05) is 0 Å². The van der Waals surface area contributed by atoms with Crippen molar-refractivity contribution in [2.45, 2.75) is 0 Å². The van der Waals surface area contributed by atoms with Crippen LogP contribution in [0.2, 0.25) is 5.28 Å². The van der Waals surface area contributed by atoms with E-state index in [1.54, 1.807) is 6.07 Å². The minimum absolute atomic E-state index is 0.0171. The molecule has 86 valence electrons. The summed E-state index contributed by atoms with van der Waals surface area (Å²) in [5, 5.41) is 10.6. The summed E-state index contributed by atoms with van der Waals surface area (Å²) in [6.07, 6.45) is 0.955. The first-order chi connectivity index (χ1) is 8.09. The van der Waals surface area contributed by atoms with E-state index in [0.29, 0.717) is 0 Å². The molecule has 1 aromatic heterocycles. The van der Waals surface area contributed by atoms with Gasteiger partial charge in [-0.15, -0.1) is 0 Å². The average molecular weight is 254 g/mol. The lowest BCUT2D eigenvalue weighted by Gasteiger charge is -2.03. The maximum absolute atomic E-state index is 13.5. The van der Waals surface area contributed by atoms with Crippen molar-refractivity contribution >= 4 is 17.3 Å². The predicted octanol–water partition coefficient (Wildman–Crippen LogP) is 2.84. The summed E-state index contributed by atoms with van der Waals surface area (Å²) in [5.74, 6) is -0.606. The van der Waals surface area contributed by atoms with Crippen molar-refractivity contribution in [1.82, 2.24) is 9.97 Å². The molecule has 0 saturated carbocycles. The summed E-state index contributed by atoms with van der Waals surface area (Å²) in [4.78, 5) is 17.3. The number of hydrogen-bond donors (Lipinski definition) is 0. The largest absolute Gasteiger partial charge is 0.313 e. The zero-order valence-electron chi connectivity index (χ0n) is 8.30. The van der Waals surface area contributed by atoms with Crippen LogP contribution in [0.4, 0.5) is 10.1 Å². The monoisotopic (exact) mass is 253 g/mol. The predicted molar refractivity (Wildman–Crippen MR) is 59.1 cm³/mol. The van der Waals surface area contributed by atoms with Gasteiger partial charge < -0.3 is 0 Å². The van der Waals surface area contributed by atoms with Crippen LogP contribution in [0.1, 0.15) is 0 Å². The maximum Gasteiger partial charge on any atom is 0.313 e. The summed E-state index contributed by atoms with van der Waals surface area (Å²) >= 11 is 5.56. The Labute approximate surface area is 100 Å².